The van der Waals surface area contributed by atoms with Crippen LogP contribution in [0.5, 0.6) is 0 Å². The number of piperidine rings is 1. The fraction of sp³-hybridized carbons (Fsp3) is 0.667. The predicted octanol–water partition coefficient (Wildman–Crippen LogP) is 2.15. The smallest absolute Gasteiger partial charge is 0.320 e. The van der Waals surface area contributed by atoms with Gasteiger partial charge in [0.2, 0.25) is 0 Å². The van der Waals surface area contributed by atoms with Gasteiger partial charge in [-0.15, -0.1) is 0 Å². The molecule has 1 N–H and O–H groups in total. The first-order valence-corrected chi connectivity index (χ1v) is 7.07. The number of rotatable bonds is 4. The van der Waals surface area contributed by atoms with Crippen LogP contribution in [0.25, 0.3) is 0 Å². The highest BCUT2D eigenvalue weighted by molar-refractivity contribution is 9.10. The third kappa shape index (κ3) is 2.92. The molecule has 1 aliphatic rings. The Morgan fingerprint density at radius 1 is 1.61 bits per heavy atom. The first-order valence-electron chi connectivity index (χ1n) is 6.28. The van der Waals surface area contributed by atoms with Crippen LogP contribution in [-0.2, 0) is 4.79 Å². The summed E-state index contributed by atoms with van der Waals surface area (Å²) < 4.78 is 2.96. The monoisotopic (exact) mass is 315 g/mol. The van der Waals surface area contributed by atoms with E-state index in [0.29, 0.717) is 12.5 Å². The lowest BCUT2D eigenvalue weighted by molar-refractivity contribution is -0.144. The van der Waals surface area contributed by atoms with Crippen molar-refractivity contribution in [2.45, 2.75) is 38.3 Å². The zero-order chi connectivity index (χ0) is 13.1. The zero-order valence-electron chi connectivity index (χ0n) is 10.4. The molecule has 2 rings (SSSR count). The molecule has 100 valence electrons. The van der Waals surface area contributed by atoms with E-state index in [2.05, 4.69) is 25.9 Å². The predicted molar refractivity (Wildman–Crippen MR) is 71.5 cm³/mol. The van der Waals surface area contributed by atoms with Crippen LogP contribution in [0.3, 0.4) is 0 Å². The summed E-state index contributed by atoms with van der Waals surface area (Å²) in [4.78, 5) is 13.2. The molecule has 0 spiro atoms. The van der Waals surface area contributed by atoms with E-state index < -0.39 is 5.97 Å². The molecule has 0 bridgehead atoms. The van der Waals surface area contributed by atoms with E-state index in [1.165, 1.54) is 0 Å². The molecule has 1 aromatic heterocycles. The Kier molecular flexibility index (Phi) is 4.40. The number of carboxylic acids is 1. The molecule has 1 fully saturated rings. The van der Waals surface area contributed by atoms with E-state index in [1.807, 2.05) is 17.8 Å². The van der Waals surface area contributed by atoms with Crippen molar-refractivity contribution in [2.24, 2.45) is 0 Å². The van der Waals surface area contributed by atoms with Gasteiger partial charge in [0.1, 0.15) is 6.04 Å². The van der Waals surface area contributed by atoms with E-state index in [4.69, 9.17) is 5.11 Å². The lowest BCUT2D eigenvalue weighted by Crippen LogP contribution is -2.45. The third-order valence-electron chi connectivity index (χ3n) is 3.56. The molecule has 2 heterocycles. The SMILES string of the molecule is CC[C@@H](C(=O)O)N1CCC(n2cc(Br)cn2)CC1. The number of nitrogens with zero attached hydrogens (tertiary/aromatic N) is 3. The molecule has 0 aromatic carbocycles. The second-order valence-electron chi connectivity index (χ2n) is 4.67. The first kappa shape index (κ1) is 13.5. The van der Waals surface area contributed by atoms with E-state index >= 15 is 0 Å². The summed E-state index contributed by atoms with van der Waals surface area (Å²) in [5, 5.41) is 13.4. The van der Waals surface area contributed by atoms with Gasteiger partial charge in [0.25, 0.3) is 0 Å². The van der Waals surface area contributed by atoms with E-state index in [-0.39, 0.29) is 6.04 Å². The van der Waals surface area contributed by atoms with Crippen molar-refractivity contribution < 1.29 is 9.90 Å². The summed E-state index contributed by atoms with van der Waals surface area (Å²) in [5.74, 6) is -0.710. The highest BCUT2D eigenvalue weighted by Gasteiger charge is 2.28. The quantitative estimate of drug-likeness (QED) is 0.925. The maximum Gasteiger partial charge on any atom is 0.320 e. The van der Waals surface area contributed by atoms with Crippen molar-refractivity contribution in [1.29, 1.82) is 0 Å². The molecule has 1 aromatic rings. The second-order valence-corrected chi connectivity index (χ2v) is 5.58. The Labute approximate surface area is 115 Å². The van der Waals surface area contributed by atoms with Gasteiger partial charge in [-0.05, 0) is 35.2 Å². The number of hydrogen-bond acceptors (Lipinski definition) is 3. The zero-order valence-corrected chi connectivity index (χ0v) is 12.0. The van der Waals surface area contributed by atoms with Gasteiger partial charge in [-0.2, -0.15) is 5.10 Å². The maximum absolute atomic E-state index is 11.1. The molecule has 6 heteroatoms. The molecule has 0 radical (unpaired) electrons. The lowest BCUT2D eigenvalue weighted by Gasteiger charge is -2.35. The summed E-state index contributed by atoms with van der Waals surface area (Å²) in [7, 11) is 0. The number of likely N-dealkylation sites (tertiary alicyclic amines) is 1. The Morgan fingerprint density at radius 2 is 2.28 bits per heavy atom. The number of carbonyl (C=O) groups is 1. The average Bonchev–Trinajstić information content (AvgIpc) is 2.77. The normalized spacial score (nSPS) is 19.9. The molecular weight excluding hydrogens is 298 g/mol. The third-order valence-corrected chi connectivity index (χ3v) is 3.97. The van der Waals surface area contributed by atoms with Crippen LogP contribution in [0.15, 0.2) is 16.9 Å². The minimum atomic E-state index is -0.710. The van der Waals surface area contributed by atoms with Crippen LogP contribution in [0.1, 0.15) is 32.2 Å². The van der Waals surface area contributed by atoms with Crippen molar-refractivity contribution in [3.63, 3.8) is 0 Å². The van der Waals surface area contributed by atoms with Crippen molar-refractivity contribution in [3.8, 4) is 0 Å². The second kappa shape index (κ2) is 5.84. The standard InChI is InChI=1S/C12H18BrN3O2/c1-2-11(12(17)18)15-5-3-10(4-6-15)16-8-9(13)7-14-16/h7-8,10-11H,2-6H2,1H3,(H,17,18)/t11-/m0/s1. The Morgan fingerprint density at radius 3 is 2.72 bits per heavy atom. The van der Waals surface area contributed by atoms with Crippen LogP contribution in [0.4, 0.5) is 0 Å². The van der Waals surface area contributed by atoms with E-state index in [0.717, 1.165) is 30.4 Å². The molecule has 0 saturated carbocycles. The number of aliphatic carboxylic acids is 1. The van der Waals surface area contributed by atoms with Gasteiger partial charge in [0.15, 0.2) is 0 Å². The van der Waals surface area contributed by atoms with Crippen molar-refractivity contribution >= 4 is 21.9 Å². The first-order chi connectivity index (χ1) is 8.61. The maximum atomic E-state index is 11.1. The number of aromatic nitrogens is 2. The summed E-state index contributed by atoms with van der Waals surface area (Å²) in [5.41, 5.74) is 0. The summed E-state index contributed by atoms with van der Waals surface area (Å²) in [6.45, 7) is 3.58. The Balaban J connectivity index is 1.93. The molecule has 0 amide bonds. The molecule has 5 nitrogen and oxygen atoms in total. The molecule has 1 aliphatic heterocycles. The molecule has 1 atom stereocenters. The van der Waals surface area contributed by atoms with E-state index in [1.54, 1.807) is 6.20 Å². The highest BCUT2D eigenvalue weighted by Crippen LogP contribution is 2.25. The lowest BCUT2D eigenvalue weighted by atomic mass is 10.0. The minimum Gasteiger partial charge on any atom is -0.480 e. The Hall–Kier alpha value is -0.880. The topological polar surface area (TPSA) is 58.4 Å². The van der Waals surface area contributed by atoms with Crippen LogP contribution in [0, 0.1) is 0 Å². The van der Waals surface area contributed by atoms with Gasteiger partial charge in [-0.25, -0.2) is 0 Å². The van der Waals surface area contributed by atoms with Gasteiger partial charge in [-0.1, -0.05) is 6.92 Å². The van der Waals surface area contributed by atoms with Gasteiger partial charge in [0.05, 0.1) is 16.7 Å². The summed E-state index contributed by atoms with van der Waals surface area (Å²) >= 11 is 3.39. The molecule has 0 aliphatic carbocycles. The molecule has 1 saturated heterocycles. The van der Waals surface area contributed by atoms with Gasteiger partial charge >= 0.3 is 5.97 Å². The number of carboxylic acid groups (broad SMARTS) is 1. The molecular formula is C12H18BrN3O2. The fourth-order valence-electron chi connectivity index (χ4n) is 2.57. The van der Waals surface area contributed by atoms with Gasteiger partial charge in [-0.3, -0.25) is 14.4 Å². The minimum absolute atomic E-state index is 0.338. The van der Waals surface area contributed by atoms with Crippen LogP contribution >= 0.6 is 15.9 Å². The van der Waals surface area contributed by atoms with Crippen molar-refractivity contribution in [3.05, 3.63) is 16.9 Å². The summed E-state index contributed by atoms with van der Waals surface area (Å²) in [6.07, 6.45) is 6.34. The fourth-order valence-corrected chi connectivity index (χ4v) is 2.87. The average molecular weight is 316 g/mol. The number of halogens is 1. The Bertz CT molecular complexity index is 413. The van der Waals surface area contributed by atoms with Crippen LogP contribution in [-0.4, -0.2) is 44.9 Å². The molecule has 0 unspecified atom stereocenters. The largest absolute Gasteiger partial charge is 0.480 e. The highest BCUT2D eigenvalue weighted by atomic mass is 79.9. The van der Waals surface area contributed by atoms with Gasteiger partial charge in [0, 0.05) is 19.3 Å². The molecule has 18 heavy (non-hydrogen) atoms. The number of hydrogen-bond donors (Lipinski definition) is 1. The van der Waals surface area contributed by atoms with E-state index in [9.17, 15) is 4.79 Å². The van der Waals surface area contributed by atoms with Crippen LogP contribution in [0.2, 0.25) is 0 Å². The van der Waals surface area contributed by atoms with Crippen LogP contribution < -0.4 is 0 Å². The van der Waals surface area contributed by atoms with Gasteiger partial charge < -0.3 is 5.11 Å². The van der Waals surface area contributed by atoms with Crippen molar-refractivity contribution in [2.75, 3.05) is 13.1 Å². The van der Waals surface area contributed by atoms with Crippen molar-refractivity contribution in [1.82, 2.24) is 14.7 Å². The summed E-state index contributed by atoms with van der Waals surface area (Å²) in [6, 6.07) is 0.0501.